The Bertz CT molecular complexity index is 641. The van der Waals surface area contributed by atoms with Crippen LogP contribution in [-0.2, 0) is 20.8 Å². The van der Waals surface area contributed by atoms with Gasteiger partial charge >= 0.3 is 5.97 Å². The minimum absolute atomic E-state index is 0.136. The van der Waals surface area contributed by atoms with E-state index in [9.17, 15) is 19.5 Å². The molecule has 2 aliphatic heterocycles. The Morgan fingerprint density at radius 3 is 2.46 bits per heavy atom. The quantitative estimate of drug-likeness (QED) is 0.913. The fraction of sp³-hybridized carbons (Fsp3) is 0.500. The van der Waals surface area contributed by atoms with Gasteiger partial charge in [-0.05, 0) is 43.4 Å². The summed E-state index contributed by atoms with van der Waals surface area (Å²) in [7, 11) is 0. The summed E-state index contributed by atoms with van der Waals surface area (Å²) in [5.74, 6) is -0.936. The van der Waals surface area contributed by atoms with E-state index in [-0.39, 0.29) is 18.2 Å². The number of aliphatic carboxylic acids is 1. The Balaban J connectivity index is 1.65. The van der Waals surface area contributed by atoms with Crippen molar-refractivity contribution in [2.45, 2.75) is 44.6 Å². The summed E-state index contributed by atoms with van der Waals surface area (Å²) in [5, 5.41) is 9.27. The molecular weight excluding hydrogens is 308 g/mol. The lowest BCUT2D eigenvalue weighted by molar-refractivity contribution is -0.151. The van der Waals surface area contributed by atoms with Crippen molar-refractivity contribution in [2.24, 2.45) is 0 Å². The molecule has 1 N–H and O–H groups in total. The maximum absolute atomic E-state index is 12.5. The third kappa shape index (κ3) is 3.42. The highest BCUT2D eigenvalue weighted by atomic mass is 16.4. The molecule has 0 aromatic heterocycles. The Hall–Kier alpha value is -2.37. The van der Waals surface area contributed by atoms with E-state index >= 15 is 0 Å². The van der Waals surface area contributed by atoms with Gasteiger partial charge in [0.15, 0.2) is 0 Å². The lowest BCUT2D eigenvalue weighted by atomic mass is 10.0. The average Bonchev–Trinajstić information content (AvgIpc) is 3.01. The van der Waals surface area contributed by atoms with Gasteiger partial charge in [-0.3, -0.25) is 9.59 Å². The number of piperidine rings is 1. The maximum atomic E-state index is 12.5. The lowest BCUT2D eigenvalue weighted by Gasteiger charge is -2.33. The number of rotatable bonds is 4. The topological polar surface area (TPSA) is 77.9 Å². The number of hydrogen-bond acceptors (Lipinski definition) is 3. The first-order valence-corrected chi connectivity index (χ1v) is 8.48. The SMILES string of the molecule is O=C(O)[C@H]1CCCCN1C(=O)Cc1ccc(N2CCCC2=O)cc1. The molecule has 6 nitrogen and oxygen atoms in total. The fourth-order valence-corrected chi connectivity index (χ4v) is 3.48. The van der Waals surface area contributed by atoms with Crippen molar-refractivity contribution in [3.63, 3.8) is 0 Å². The molecule has 0 radical (unpaired) electrons. The number of carboxylic acids is 1. The zero-order valence-corrected chi connectivity index (χ0v) is 13.6. The van der Waals surface area contributed by atoms with Crippen LogP contribution >= 0.6 is 0 Å². The summed E-state index contributed by atoms with van der Waals surface area (Å²) in [6.45, 7) is 1.25. The van der Waals surface area contributed by atoms with Gasteiger partial charge in [-0.1, -0.05) is 12.1 Å². The van der Waals surface area contributed by atoms with Crippen molar-refractivity contribution in [3.8, 4) is 0 Å². The van der Waals surface area contributed by atoms with Crippen LogP contribution < -0.4 is 4.90 Å². The van der Waals surface area contributed by atoms with Crippen LogP contribution in [0.25, 0.3) is 0 Å². The van der Waals surface area contributed by atoms with E-state index in [1.165, 1.54) is 4.90 Å². The number of amides is 2. The second-order valence-electron chi connectivity index (χ2n) is 6.43. The molecule has 2 aliphatic rings. The first kappa shape index (κ1) is 16.5. The molecule has 3 rings (SSSR count). The Morgan fingerprint density at radius 1 is 1.08 bits per heavy atom. The smallest absolute Gasteiger partial charge is 0.326 e. The van der Waals surface area contributed by atoms with Gasteiger partial charge in [-0.25, -0.2) is 4.79 Å². The first-order valence-electron chi connectivity index (χ1n) is 8.48. The number of carbonyl (C=O) groups excluding carboxylic acids is 2. The van der Waals surface area contributed by atoms with E-state index in [2.05, 4.69) is 0 Å². The zero-order valence-electron chi connectivity index (χ0n) is 13.6. The number of benzene rings is 1. The molecule has 0 spiro atoms. The van der Waals surface area contributed by atoms with Gasteiger partial charge < -0.3 is 14.9 Å². The van der Waals surface area contributed by atoms with E-state index in [1.54, 1.807) is 4.90 Å². The van der Waals surface area contributed by atoms with E-state index in [0.29, 0.717) is 19.4 Å². The second-order valence-corrected chi connectivity index (χ2v) is 6.43. The summed E-state index contributed by atoms with van der Waals surface area (Å²) in [4.78, 5) is 38.8. The van der Waals surface area contributed by atoms with Crippen molar-refractivity contribution in [1.29, 1.82) is 0 Å². The predicted octanol–water partition coefficient (Wildman–Crippen LogP) is 1.82. The third-order valence-electron chi connectivity index (χ3n) is 4.78. The molecule has 1 atom stereocenters. The highest BCUT2D eigenvalue weighted by Gasteiger charge is 2.31. The molecule has 24 heavy (non-hydrogen) atoms. The van der Waals surface area contributed by atoms with E-state index in [4.69, 9.17) is 0 Å². The number of carboxylic acid groups (broad SMARTS) is 1. The minimum Gasteiger partial charge on any atom is -0.480 e. The number of carbonyl (C=O) groups is 3. The van der Waals surface area contributed by atoms with Crippen LogP contribution in [0.4, 0.5) is 5.69 Å². The second kappa shape index (κ2) is 7.03. The number of nitrogens with zero attached hydrogens (tertiary/aromatic N) is 2. The van der Waals surface area contributed by atoms with E-state index in [0.717, 1.165) is 37.1 Å². The number of likely N-dealkylation sites (tertiary alicyclic amines) is 1. The van der Waals surface area contributed by atoms with Crippen molar-refractivity contribution in [1.82, 2.24) is 4.90 Å². The van der Waals surface area contributed by atoms with Gasteiger partial charge in [0.25, 0.3) is 0 Å². The van der Waals surface area contributed by atoms with Crippen LogP contribution in [0.3, 0.4) is 0 Å². The highest BCUT2D eigenvalue weighted by Crippen LogP contribution is 2.23. The molecule has 6 heteroatoms. The van der Waals surface area contributed by atoms with Crippen molar-refractivity contribution in [2.75, 3.05) is 18.0 Å². The molecule has 2 amide bonds. The zero-order chi connectivity index (χ0) is 17.1. The highest BCUT2D eigenvalue weighted by molar-refractivity contribution is 5.95. The van der Waals surface area contributed by atoms with Gasteiger partial charge in [0.05, 0.1) is 6.42 Å². The maximum Gasteiger partial charge on any atom is 0.326 e. The fourth-order valence-electron chi connectivity index (χ4n) is 3.48. The van der Waals surface area contributed by atoms with Gasteiger partial charge in [-0.15, -0.1) is 0 Å². The van der Waals surface area contributed by atoms with Gasteiger partial charge in [0.2, 0.25) is 11.8 Å². The van der Waals surface area contributed by atoms with Crippen LogP contribution in [0.15, 0.2) is 24.3 Å². The van der Waals surface area contributed by atoms with Crippen molar-refractivity contribution >= 4 is 23.5 Å². The lowest BCUT2D eigenvalue weighted by Crippen LogP contribution is -2.48. The summed E-state index contributed by atoms with van der Waals surface area (Å²) in [5.41, 5.74) is 1.69. The van der Waals surface area contributed by atoms with Crippen LogP contribution in [0.2, 0.25) is 0 Å². The molecule has 2 heterocycles. The van der Waals surface area contributed by atoms with E-state index < -0.39 is 12.0 Å². The third-order valence-corrected chi connectivity index (χ3v) is 4.78. The summed E-state index contributed by atoms with van der Waals surface area (Å²) in [6, 6.07) is 6.71. The van der Waals surface area contributed by atoms with Crippen LogP contribution in [-0.4, -0.2) is 46.9 Å². The molecule has 0 aliphatic carbocycles. The van der Waals surface area contributed by atoms with Crippen molar-refractivity contribution in [3.05, 3.63) is 29.8 Å². The average molecular weight is 330 g/mol. The van der Waals surface area contributed by atoms with Crippen LogP contribution in [0.1, 0.15) is 37.7 Å². The standard InChI is InChI=1S/C18H22N2O4/c21-16-5-3-11-19(16)14-8-6-13(7-9-14)12-17(22)20-10-2-1-4-15(20)18(23)24/h6-9,15H,1-5,10-12H2,(H,23,24)/t15-/m1/s1. The molecule has 2 saturated heterocycles. The molecule has 0 bridgehead atoms. The monoisotopic (exact) mass is 330 g/mol. The normalized spacial score (nSPS) is 21.2. The molecule has 1 aromatic carbocycles. The van der Waals surface area contributed by atoms with Crippen LogP contribution in [0, 0.1) is 0 Å². The Morgan fingerprint density at radius 2 is 1.83 bits per heavy atom. The molecular formula is C18H22N2O4. The molecule has 0 unspecified atom stereocenters. The molecule has 0 saturated carbocycles. The Labute approximate surface area is 141 Å². The Kier molecular flexibility index (Phi) is 4.83. The molecule has 128 valence electrons. The van der Waals surface area contributed by atoms with Gasteiger partial charge in [0, 0.05) is 25.2 Å². The summed E-state index contributed by atoms with van der Waals surface area (Å²) >= 11 is 0. The summed E-state index contributed by atoms with van der Waals surface area (Å²) < 4.78 is 0. The van der Waals surface area contributed by atoms with Crippen LogP contribution in [0.5, 0.6) is 0 Å². The largest absolute Gasteiger partial charge is 0.480 e. The number of hydrogen-bond donors (Lipinski definition) is 1. The number of anilines is 1. The molecule has 1 aromatic rings. The summed E-state index contributed by atoms with van der Waals surface area (Å²) in [6.07, 6.45) is 3.89. The minimum atomic E-state index is -0.925. The first-order chi connectivity index (χ1) is 11.6. The molecule has 2 fully saturated rings. The van der Waals surface area contributed by atoms with Crippen molar-refractivity contribution < 1.29 is 19.5 Å². The van der Waals surface area contributed by atoms with Gasteiger partial charge in [0.1, 0.15) is 6.04 Å². The van der Waals surface area contributed by atoms with Gasteiger partial charge in [-0.2, -0.15) is 0 Å². The van der Waals surface area contributed by atoms with E-state index in [1.807, 2.05) is 24.3 Å². The predicted molar refractivity (Wildman–Crippen MR) is 88.7 cm³/mol.